The van der Waals surface area contributed by atoms with Crippen LogP contribution in [0.5, 0.6) is 0 Å². The molecule has 0 saturated heterocycles. The van der Waals surface area contributed by atoms with Crippen molar-refractivity contribution < 1.29 is 0 Å². The third-order valence-electron chi connectivity index (χ3n) is 16.4. The van der Waals surface area contributed by atoms with Crippen molar-refractivity contribution >= 4 is 87.2 Å². The summed E-state index contributed by atoms with van der Waals surface area (Å²) in [5.41, 5.74) is 20.0. The van der Waals surface area contributed by atoms with Crippen molar-refractivity contribution in [1.82, 2.24) is 18.3 Å². The van der Waals surface area contributed by atoms with E-state index in [1.165, 1.54) is 21.5 Å². The molecule has 6 heteroatoms. The lowest BCUT2D eigenvalue weighted by atomic mass is 9.96. The van der Waals surface area contributed by atoms with E-state index in [1.54, 1.807) is 0 Å². The van der Waals surface area contributed by atoms with Crippen molar-refractivity contribution in [3.05, 3.63) is 278 Å². The lowest BCUT2D eigenvalue weighted by molar-refractivity contribution is 1.16. The second-order valence-corrected chi connectivity index (χ2v) is 20.6. The molecule has 12 aromatic carbocycles. The third kappa shape index (κ3) is 6.64. The maximum atomic E-state index is 10.6. The van der Waals surface area contributed by atoms with Crippen LogP contribution in [0, 0.1) is 22.7 Å². The van der Waals surface area contributed by atoms with E-state index in [2.05, 4.69) is 273 Å². The van der Waals surface area contributed by atoms with E-state index in [9.17, 15) is 10.5 Å². The number of nitriles is 2. The Morgan fingerprint density at radius 3 is 0.800 bits per heavy atom. The summed E-state index contributed by atoms with van der Waals surface area (Å²) in [6.45, 7) is 0. The second-order valence-electron chi connectivity index (χ2n) is 20.6. The Kier molecular flexibility index (Phi) is 9.96. The fraction of sp³-hybridized carbons (Fsp3) is 0. The number of hydrogen-bond acceptors (Lipinski definition) is 2. The van der Waals surface area contributed by atoms with E-state index in [1.807, 2.05) is 24.3 Å². The molecule has 16 aromatic rings. The van der Waals surface area contributed by atoms with Crippen LogP contribution in [0.3, 0.4) is 0 Å². The van der Waals surface area contributed by atoms with Gasteiger partial charge in [-0.3, -0.25) is 0 Å². The molecule has 0 aliphatic rings. The van der Waals surface area contributed by atoms with Gasteiger partial charge in [-0.1, -0.05) is 158 Å². The zero-order valence-corrected chi connectivity index (χ0v) is 43.1. The van der Waals surface area contributed by atoms with E-state index < -0.39 is 0 Å². The van der Waals surface area contributed by atoms with E-state index in [-0.39, 0.29) is 0 Å². The molecule has 0 saturated carbocycles. The molecule has 370 valence electrons. The summed E-state index contributed by atoms with van der Waals surface area (Å²) in [7, 11) is 0. The summed E-state index contributed by atoms with van der Waals surface area (Å²) in [5, 5.41) is 30.6. The molecule has 0 spiro atoms. The van der Waals surface area contributed by atoms with Gasteiger partial charge in [-0.2, -0.15) is 10.5 Å². The molecule has 4 aromatic heterocycles. The standard InChI is InChI=1S/C74H44N6/c75-45-47-33-37-71(79-69-31-15-7-23-57(69)61-43-49(35-39-73(61)79)51-17-1-9-25-63(51)77-65-27-11-3-19-53(65)54-20-4-12-28-66(54)77)59(41-47)60-42-48(46-76)34-38-72(60)80-70-32-16-8-24-58(70)62-44-50(36-40-74(62)80)52-18-2-10-26-64(52)78-67-29-13-5-21-55(67)56-22-6-14-30-68(56)78/h1-44H. The number of aromatic nitrogens is 4. The van der Waals surface area contributed by atoms with Crippen molar-refractivity contribution in [2.24, 2.45) is 0 Å². The quantitative estimate of drug-likeness (QED) is 0.160. The van der Waals surface area contributed by atoms with Crippen LogP contribution in [-0.4, -0.2) is 18.3 Å². The van der Waals surface area contributed by atoms with Crippen LogP contribution in [0.25, 0.3) is 143 Å². The van der Waals surface area contributed by atoms with Crippen LogP contribution in [0.2, 0.25) is 0 Å². The number of nitrogens with zero attached hydrogens (tertiary/aromatic N) is 6. The molecule has 0 fully saturated rings. The summed E-state index contributed by atoms with van der Waals surface area (Å²) < 4.78 is 9.46. The molecule has 80 heavy (non-hydrogen) atoms. The SMILES string of the molecule is N#Cc1ccc(-n2c3ccccc3c3cc(-c4ccccc4-n4c5ccccc5c5ccccc54)ccc32)c(-c2cc(C#N)ccc2-n2c3ccccc3c3cc(-c4ccccc4-n4c5ccccc5c5ccccc54)ccc32)c1. The highest BCUT2D eigenvalue weighted by Crippen LogP contribution is 2.45. The molecule has 0 aliphatic heterocycles. The van der Waals surface area contributed by atoms with Crippen molar-refractivity contribution in [3.63, 3.8) is 0 Å². The minimum absolute atomic E-state index is 0.524. The van der Waals surface area contributed by atoms with Gasteiger partial charge in [0.15, 0.2) is 0 Å². The van der Waals surface area contributed by atoms with E-state index >= 15 is 0 Å². The first-order chi connectivity index (χ1) is 39.6. The summed E-state index contributed by atoms with van der Waals surface area (Å²) in [6.07, 6.45) is 0. The lowest BCUT2D eigenvalue weighted by Gasteiger charge is -2.19. The Morgan fingerprint density at radius 2 is 0.475 bits per heavy atom. The summed E-state index contributed by atoms with van der Waals surface area (Å²) in [6, 6.07) is 99.7. The van der Waals surface area contributed by atoms with Crippen molar-refractivity contribution in [2.75, 3.05) is 0 Å². The summed E-state index contributed by atoms with van der Waals surface area (Å²) >= 11 is 0. The monoisotopic (exact) mass is 1020 g/mol. The van der Waals surface area contributed by atoms with E-state index in [4.69, 9.17) is 0 Å². The normalized spacial score (nSPS) is 11.7. The molecule has 0 bridgehead atoms. The van der Waals surface area contributed by atoms with Gasteiger partial charge in [-0.25, -0.2) is 0 Å². The highest BCUT2D eigenvalue weighted by molar-refractivity contribution is 6.15. The number of fused-ring (bicyclic) bond motifs is 12. The molecule has 0 unspecified atom stereocenters. The highest BCUT2D eigenvalue weighted by atomic mass is 15.0. The zero-order valence-electron chi connectivity index (χ0n) is 43.1. The number of benzene rings is 12. The minimum atomic E-state index is 0.524. The maximum absolute atomic E-state index is 10.6. The third-order valence-corrected chi connectivity index (χ3v) is 16.4. The molecule has 0 atom stereocenters. The molecule has 6 nitrogen and oxygen atoms in total. The van der Waals surface area contributed by atoms with Gasteiger partial charge in [0.25, 0.3) is 0 Å². The number of rotatable bonds is 7. The van der Waals surface area contributed by atoms with Gasteiger partial charge >= 0.3 is 0 Å². The van der Waals surface area contributed by atoms with Gasteiger partial charge in [0.1, 0.15) is 0 Å². The highest BCUT2D eigenvalue weighted by Gasteiger charge is 2.24. The van der Waals surface area contributed by atoms with Crippen molar-refractivity contribution in [2.45, 2.75) is 0 Å². The van der Waals surface area contributed by atoms with Crippen LogP contribution in [0.15, 0.2) is 267 Å². The molecule has 0 radical (unpaired) electrons. The Bertz CT molecular complexity index is 4910. The predicted octanol–water partition coefficient (Wildman–Crippen LogP) is 18.8. The molecule has 16 rings (SSSR count). The molecular formula is C74H44N6. The lowest BCUT2D eigenvalue weighted by Crippen LogP contribution is -2.02. The number of hydrogen-bond donors (Lipinski definition) is 0. The second kappa shape index (κ2) is 17.7. The first kappa shape index (κ1) is 45.1. The summed E-state index contributed by atoms with van der Waals surface area (Å²) in [5.74, 6) is 0. The van der Waals surface area contributed by atoms with Gasteiger partial charge in [0, 0.05) is 65.3 Å². The fourth-order valence-corrected chi connectivity index (χ4v) is 13.0. The Hall–Kier alpha value is -11.2. The Morgan fingerprint density at radius 1 is 0.212 bits per heavy atom. The predicted molar refractivity (Wildman–Crippen MR) is 330 cm³/mol. The smallest absolute Gasteiger partial charge is 0.0991 e. The summed E-state index contributed by atoms with van der Waals surface area (Å²) in [4.78, 5) is 0. The first-order valence-electron chi connectivity index (χ1n) is 27.0. The Balaban J connectivity index is 0.887. The van der Waals surface area contributed by atoms with Crippen molar-refractivity contribution in [3.8, 4) is 68.3 Å². The van der Waals surface area contributed by atoms with Crippen molar-refractivity contribution in [1.29, 1.82) is 10.5 Å². The van der Waals surface area contributed by atoms with Gasteiger partial charge in [0.05, 0.1) is 90.1 Å². The average Bonchev–Trinajstić information content (AvgIpc) is 4.32. The molecule has 0 amide bonds. The molecule has 4 heterocycles. The minimum Gasteiger partial charge on any atom is -0.309 e. The number of para-hydroxylation sites is 8. The van der Waals surface area contributed by atoms with Gasteiger partial charge < -0.3 is 18.3 Å². The largest absolute Gasteiger partial charge is 0.309 e. The maximum Gasteiger partial charge on any atom is 0.0991 e. The fourth-order valence-electron chi connectivity index (χ4n) is 13.0. The zero-order chi connectivity index (χ0) is 53.0. The van der Waals surface area contributed by atoms with Gasteiger partial charge in [-0.05, 0) is 120 Å². The first-order valence-corrected chi connectivity index (χ1v) is 27.0. The van der Waals surface area contributed by atoms with Crippen LogP contribution >= 0.6 is 0 Å². The van der Waals surface area contributed by atoms with E-state index in [0.717, 1.165) is 122 Å². The Labute approximate surface area is 459 Å². The van der Waals surface area contributed by atoms with Gasteiger partial charge in [0.2, 0.25) is 0 Å². The van der Waals surface area contributed by atoms with Crippen LogP contribution < -0.4 is 0 Å². The average molecular weight is 1020 g/mol. The van der Waals surface area contributed by atoms with Crippen LogP contribution in [-0.2, 0) is 0 Å². The van der Waals surface area contributed by atoms with Gasteiger partial charge in [-0.15, -0.1) is 0 Å². The molecule has 0 N–H and O–H groups in total. The molecular weight excluding hydrogens is 973 g/mol. The molecule has 0 aliphatic carbocycles. The topological polar surface area (TPSA) is 67.3 Å². The van der Waals surface area contributed by atoms with Crippen LogP contribution in [0.4, 0.5) is 0 Å². The van der Waals surface area contributed by atoms with Crippen LogP contribution in [0.1, 0.15) is 11.1 Å². The van der Waals surface area contributed by atoms with E-state index in [0.29, 0.717) is 11.1 Å².